The highest BCUT2D eigenvalue weighted by Gasteiger charge is 2.45. The zero-order valence-corrected chi connectivity index (χ0v) is 4.28. The number of piperidine rings is 1. The van der Waals surface area contributed by atoms with Crippen molar-refractivity contribution >= 4 is 0 Å². The molecule has 0 amide bonds. The van der Waals surface area contributed by atoms with Gasteiger partial charge >= 0.3 is 0 Å². The van der Waals surface area contributed by atoms with E-state index < -0.39 is 0 Å². The molecule has 0 aromatic carbocycles. The van der Waals surface area contributed by atoms with Gasteiger partial charge in [0.1, 0.15) is 0 Å². The largest absolute Gasteiger partial charge is 0.315 e. The molecule has 1 nitrogen and oxygen atoms in total. The van der Waals surface area contributed by atoms with E-state index >= 15 is 0 Å². The zero-order chi connectivity index (χ0) is 4.85. The molecule has 2 aliphatic rings. The fourth-order valence-electron chi connectivity index (χ4n) is 1.39. The van der Waals surface area contributed by atoms with E-state index in [1.807, 2.05) is 0 Å². The lowest BCUT2D eigenvalue weighted by Crippen LogP contribution is -2.11. The van der Waals surface area contributed by atoms with Crippen LogP contribution in [0, 0.1) is 11.8 Å². The minimum absolute atomic E-state index is 0.875. The second kappa shape index (κ2) is 0.920. The maximum atomic E-state index is 3.91. The van der Waals surface area contributed by atoms with Crippen molar-refractivity contribution in [2.45, 2.75) is 0 Å². The van der Waals surface area contributed by atoms with Crippen molar-refractivity contribution < 1.29 is 0 Å². The van der Waals surface area contributed by atoms with Gasteiger partial charge in [0.2, 0.25) is 0 Å². The smallest absolute Gasteiger partial charge is 0.00234 e. The molecule has 0 aromatic heterocycles. The molecule has 2 rings (SSSR count). The van der Waals surface area contributed by atoms with Crippen molar-refractivity contribution in [1.29, 1.82) is 0 Å². The summed E-state index contributed by atoms with van der Waals surface area (Å²) in [6.45, 7) is 6.31. The lowest BCUT2D eigenvalue weighted by atomic mass is 10.4. The molecule has 1 heterocycles. The summed E-state index contributed by atoms with van der Waals surface area (Å²) in [5.74, 6) is 1.75. The van der Waals surface area contributed by atoms with E-state index in [2.05, 4.69) is 11.9 Å². The van der Waals surface area contributed by atoms with Gasteiger partial charge in [-0.2, -0.15) is 0 Å². The highest BCUT2D eigenvalue weighted by Crippen LogP contribution is 2.46. The molecule has 38 valence electrons. The van der Waals surface area contributed by atoms with Crippen molar-refractivity contribution in [3.05, 3.63) is 12.2 Å². The van der Waals surface area contributed by atoms with Crippen LogP contribution >= 0.6 is 0 Å². The summed E-state index contributed by atoms with van der Waals surface area (Å²) in [5, 5.41) is 3.29. The number of hydrogen-bond acceptors (Lipinski definition) is 1. The Labute approximate surface area is 43.4 Å². The van der Waals surface area contributed by atoms with E-state index in [0.717, 1.165) is 11.8 Å². The van der Waals surface area contributed by atoms with Gasteiger partial charge < -0.3 is 5.32 Å². The van der Waals surface area contributed by atoms with Gasteiger partial charge in [-0.3, -0.25) is 0 Å². The van der Waals surface area contributed by atoms with Gasteiger partial charge in [-0.25, -0.2) is 0 Å². The fraction of sp³-hybridized carbons (Fsp3) is 0.667. The molecule has 1 aliphatic heterocycles. The van der Waals surface area contributed by atoms with Crippen LogP contribution in [0.3, 0.4) is 0 Å². The van der Waals surface area contributed by atoms with Gasteiger partial charge in [-0.05, 0) is 0 Å². The van der Waals surface area contributed by atoms with Crippen molar-refractivity contribution in [3.63, 3.8) is 0 Å². The molecular formula is C6H9N. The molecule has 2 fully saturated rings. The Morgan fingerprint density at radius 1 is 1.43 bits per heavy atom. The molecule has 1 saturated carbocycles. The Balaban J connectivity index is 2.19. The van der Waals surface area contributed by atoms with Gasteiger partial charge in [0.25, 0.3) is 0 Å². The summed E-state index contributed by atoms with van der Waals surface area (Å²) in [4.78, 5) is 0. The zero-order valence-electron chi connectivity index (χ0n) is 4.28. The molecule has 1 N–H and O–H groups in total. The molecule has 1 saturated heterocycles. The first-order valence-electron chi connectivity index (χ1n) is 2.79. The van der Waals surface area contributed by atoms with E-state index in [0.29, 0.717) is 0 Å². The maximum absolute atomic E-state index is 3.91. The first kappa shape index (κ1) is 3.67. The standard InChI is InChI=1S/C6H9N/c1-4-5-2-7-3-6(4)5/h5-7H,1-3H2/t5-,6+. The van der Waals surface area contributed by atoms with Crippen molar-refractivity contribution in [3.8, 4) is 0 Å². The van der Waals surface area contributed by atoms with Gasteiger partial charge in [0.15, 0.2) is 0 Å². The average Bonchev–Trinajstić information content (AvgIpc) is 2.26. The summed E-state index contributed by atoms with van der Waals surface area (Å²) in [5.41, 5.74) is 1.48. The minimum atomic E-state index is 0.875. The quantitative estimate of drug-likeness (QED) is 0.429. The molecule has 0 spiro atoms. The number of fused-ring (bicyclic) bond motifs is 1. The van der Waals surface area contributed by atoms with Crippen LogP contribution in [-0.2, 0) is 0 Å². The third kappa shape index (κ3) is 0.317. The van der Waals surface area contributed by atoms with Crippen molar-refractivity contribution in [2.75, 3.05) is 13.1 Å². The van der Waals surface area contributed by atoms with Crippen LogP contribution < -0.4 is 5.32 Å². The SMILES string of the molecule is C=C1[C@H]2CNC[C@@H]12. The average molecular weight is 95.1 g/mol. The van der Waals surface area contributed by atoms with Crippen LogP contribution in [0.2, 0.25) is 0 Å². The van der Waals surface area contributed by atoms with E-state index in [4.69, 9.17) is 0 Å². The summed E-state index contributed by atoms with van der Waals surface area (Å²) < 4.78 is 0. The predicted octanol–water partition coefficient (Wildman–Crippen LogP) is 0.392. The topological polar surface area (TPSA) is 12.0 Å². The summed E-state index contributed by atoms with van der Waals surface area (Å²) in [6, 6.07) is 0. The monoisotopic (exact) mass is 95.1 g/mol. The summed E-state index contributed by atoms with van der Waals surface area (Å²) in [7, 11) is 0. The lowest BCUT2D eigenvalue weighted by Gasteiger charge is -1.89. The van der Waals surface area contributed by atoms with E-state index in [1.54, 1.807) is 0 Å². The Morgan fingerprint density at radius 2 is 2.00 bits per heavy atom. The first-order valence-corrected chi connectivity index (χ1v) is 2.79. The van der Waals surface area contributed by atoms with Crippen LogP contribution in [0.5, 0.6) is 0 Å². The lowest BCUT2D eigenvalue weighted by molar-refractivity contribution is 0.782. The normalized spacial score (nSPS) is 46.6. The molecule has 2 atom stereocenters. The molecular weight excluding hydrogens is 86.1 g/mol. The Hall–Kier alpha value is -0.300. The molecule has 0 radical (unpaired) electrons. The number of nitrogens with one attached hydrogen (secondary N) is 1. The van der Waals surface area contributed by atoms with E-state index in [1.165, 1.54) is 18.7 Å². The minimum Gasteiger partial charge on any atom is -0.315 e. The van der Waals surface area contributed by atoms with Gasteiger partial charge in [-0.1, -0.05) is 12.2 Å². The van der Waals surface area contributed by atoms with Gasteiger partial charge in [0.05, 0.1) is 0 Å². The van der Waals surface area contributed by atoms with Gasteiger partial charge in [0, 0.05) is 24.9 Å². The Bertz CT molecular complexity index is 105. The molecule has 1 heteroatoms. The first-order chi connectivity index (χ1) is 3.39. The number of rotatable bonds is 0. The Kier molecular flexibility index (Phi) is 0.482. The molecule has 7 heavy (non-hydrogen) atoms. The fourth-order valence-corrected chi connectivity index (χ4v) is 1.39. The maximum Gasteiger partial charge on any atom is 0.00234 e. The highest BCUT2D eigenvalue weighted by molar-refractivity contribution is 5.30. The predicted molar refractivity (Wildman–Crippen MR) is 29.0 cm³/mol. The molecule has 0 bridgehead atoms. The Morgan fingerprint density at radius 3 is 2.29 bits per heavy atom. The third-order valence-electron chi connectivity index (χ3n) is 2.06. The third-order valence-corrected chi connectivity index (χ3v) is 2.06. The van der Waals surface area contributed by atoms with Crippen LogP contribution in [0.1, 0.15) is 0 Å². The van der Waals surface area contributed by atoms with Crippen LogP contribution in [0.25, 0.3) is 0 Å². The van der Waals surface area contributed by atoms with E-state index in [-0.39, 0.29) is 0 Å². The second-order valence-electron chi connectivity index (χ2n) is 2.45. The van der Waals surface area contributed by atoms with E-state index in [9.17, 15) is 0 Å². The highest BCUT2D eigenvalue weighted by atomic mass is 15.0. The van der Waals surface area contributed by atoms with Crippen molar-refractivity contribution in [1.82, 2.24) is 5.32 Å². The number of hydrogen-bond donors (Lipinski definition) is 1. The van der Waals surface area contributed by atoms with Crippen LogP contribution in [-0.4, -0.2) is 13.1 Å². The van der Waals surface area contributed by atoms with Crippen molar-refractivity contribution in [2.24, 2.45) is 11.8 Å². The summed E-state index contributed by atoms with van der Waals surface area (Å²) >= 11 is 0. The molecule has 0 unspecified atom stereocenters. The molecule has 0 aromatic rings. The second-order valence-corrected chi connectivity index (χ2v) is 2.45. The van der Waals surface area contributed by atoms with Crippen LogP contribution in [0.4, 0.5) is 0 Å². The summed E-state index contributed by atoms with van der Waals surface area (Å²) in [6.07, 6.45) is 0. The molecule has 1 aliphatic carbocycles. The van der Waals surface area contributed by atoms with Crippen LogP contribution in [0.15, 0.2) is 12.2 Å². The van der Waals surface area contributed by atoms with Gasteiger partial charge in [-0.15, -0.1) is 0 Å².